The Morgan fingerprint density at radius 2 is 1.84 bits per heavy atom. The van der Waals surface area contributed by atoms with Crippen LogP contribution in [0, 0.1) is 12.7 Å². The second kappa shape index (κ2) is 8.41. The summed E-state index contributed by atoms with van der Waals surface area (Å²) in [6.45, 7) is 1.61. The first-order valence-electron chi connectivity index (χ1n) is 9.61. The largest absolute Gasteiger partial charge is 0.321 e. The Labute approximate surface area is 179 Å². The highest BCUT2D eigenvalue weighted by molar-refractivity contribution is 7.89. The number of benzene rings is 2. The molecule has 158 valence electrons. The van der Waals surface area contributed by atoms with E-state index in [9.17, 15) is 17.6 Å². The number of aromatic nitrogens is 2. The minimum absolute atomic E-state index is 0.0597. The van der Waals surface area contributed by atoms with Crippen LogP contribution in [0.25, 0.3) is 10.9 Å². The Bertz CT molecular complexity index is 1400. The monoisotopic (exact) mass is 437 g/mol. The minimum Gasteiger partial charge on any atom is -0.321 e. The van der Waals surface area contributed by atoms with E-state index < -0.39 is 20.7 Å². The Kier molecular flexibility index (Phi) is 5.67. The number of pyridine rings is 2. The predicted molar refractivity (Wildman–Crippen MR) is 116 cm³/mol. The highest BCUT2D eigenvalue weighted by atomic mass is 32.2. The van der Waals surface area contributed by atoms with Crippen LogP contribution in [0.1, 0.15) is 16.7 Å². The fraction of sp³-hybridized carbons (Fsp3) is 0.130. The number of fused-ring (bicyclic) bond motifs is 1. The molecule has 2 aromatic heterocycles. The third kappa shape index (κ3) is 4.26. The van der Waals surface area contributed by atoms with Gasteiger partial charge in [-0.2, -0.15) is 4.31 Å². The first-order chi connectivity index (χ1) is 14.9. The van der Waals surface area contributed by atoms with E-state index in [1.165, 1.54) is 24.4 Å². The number of hydrogen-bond acceptors (Lipinski definition) is 4. The van der Waals surface area contributed by atoms with E-state index in [0.29, 0.717) is 11.1 Å². The molecule has 0 fully saturated rings. The molecule has 8 heteroatoms. The van der Waals surface area contributed by atoms with Gasteiger partial charge < -0.3 is 4.98 Å². The predicted octanol–water partition coefficient (Wildman–Crippen LogP) is 3.76. The van der Waals surface area contributed by atoms with Gasteiger partial charge in [0.05, 0.1) is 5.52 Å². The number of aromatic amines is 1. The number of rotatable bonds is 6. The second-order valence-electron chi connectivity index (χ2n) is 7.23. The fourth-order valence-electron chi connectivity index (χ4n) is 3.45. The number of aryl methyl sites for hydroxylation is 1. The van der Waals surface area contributed by atoms with E-state index >= 15 is 0 Å². The van der Waals surface area contributed by atoms with Crippen molar-refractivity contribution < 1.29 is 12.8 Å². The molecule has 4 aromatic rings. The van der Waals surface area contributed by atoms with Crippen LogP contribution in [0.3, 0.4) is 0 Å². The molecule has 0 atom stereocenters. The molecular formula is C23H20FN3O3S. The molecule has 2 heterocycles. The molecule has 0 aliphatic carbocycles. The van der Waals surface area contributed by atoms with Gasteiger partial charge in [0.15, 0.2) is 0 Å². The maximum atomic E-state index is 14.4. The standard InChI is InChI=1S/C23H20FN3O3S/c1-16-6-4-8-18-12-19(23(28)26-22(16)18)15-27(14-17-7-5-11-25-13-17)31(29,30)21-10-3-2-9-20(21)24/h2-13H,14-15H2,1H3,(H,26,28). The van der Waals surface area contributed by atoms with E-state index in [1.54, 1.807) is 24.4 Å². The van der Waals surface area contributed by atoms with Gasteiger partial charge in [-0.25, -0.2) is 12.8 Å². The summed E-state index contributed by atoms with van der Waals surface area (Å²) in [5.41, 5.74) is 2.11. The van der Waals surface area contributed by atoms with Crippen molar-refractivity contribution in [2.45, 2.75) is 24.9 Å². The molecule has 0 aliphatic rings. The Balaban J connectivity index is 1.80. The van der Waals surface area contributed by atoms with E-state index in [4.69, 9.17) is 0 Å². The number of para-hydroxylation sites is 1. The second-order valence-corrected chi connectivity index (χ2v) is 9.13. The normalized spacial score (nSPS) is 11.8. The van der Waals surface area contributed by atoms with Gasteiger partial charge in [-0.15, -0.1) is 0 Å². The van der Waals surface area contributed by atoms with E-state index in [-0.39, 0.29) is 24.2 Å². The smallest absolute Gasteiger partial charge is 0.252 e. The van der Waals surface area contributed by atoms with Crippen LogP contribution in [-0.2, 0) is 23.1 Å². The number of halogens is 1. The van der Waals surface area contributed by atoms with Gasteiger partial charge >= 0.3 is 0 Å². The Morgan fingerprint density at radius 3 is 2.58 bits per heavy atom. The third-order valence-electron chi connectivity index (χ3n) is 5.05. The lowest BCUT2D eigenvalue weighted by Crippen LogP contribution is -2.33. The Morgan fingerprint density at radius 1 is 1.03 bits per heavy atom. The van der Waals surface area contributed by atoms with Crippen molar-refractivity contribution in [2.75, 3.05) is 0 Å². The van der Waals surface area contributed by atoms with Crippen molar-refractivity contribution in [3.63, 3.8) is 0 Å². The maximum absolute atomic E-state index is 14.4. The SMILES string of the molecule is Cc1cccc2cc(CN(Cc3cccnc3)S(=O)(=O)c3ccccc3F)c(=O)[nH]c12. The summed E-state index contributed by atoms with van der Waals surface area (Å²) in [6.07, 6.45) is 3.12. The van der Waals surface area contributed by atoms with Crippen LogP contribution in [-0.4, -0.2) is 22.7 Å². The molecule has 0 radical (unpaired) electrons. The zero-order valence-electron chi connectivity index (χ0n) is 16.7. The quantitative estimate of drug-likeness (QED) is 0.498. The van der Waals surface area contributed by atoms with Crippen molar-refractivity contribution in [2.24, 2.45) is 0 Å². The van der Waals surface area contributed by atoms with Crippen molar-refractivity contribution in [1.82, 2.24) is 14.3 Å². The summed E-state index contributed by atoms with van der Waals surface area (Å²) >= 11 is 0. The van der Waals surface area contributed by atoms with E-state index in [1.807, 2.05) is 25.1 Å². The lowest BCUT2D eigenvalue weighted by Gasteiger charge is -2.22. The summed E-state index contributed by atoms with van der Waals surface area (Å²) in [6, 6.07) is 15.9. The molecule has 0 saturated heterocycles. The molecule has 31 heavy (non-hydrogen) atoms. The van der Waals surface area contributed by atoms with Gasteiger partial charge in [0.2, 0.25) is 10.0 Å². The fourth-order valence-corrected chi connectivity index (χ4v) is 4.92. The van der Waals surface area contributed by atoms with Crippen molar-refractivity contribution in [3.8, 4) is 0 Å². The third-order valence-corrected chi connectivity index (χ3v) is 6.87. The molecule has 6 nitrogen and oxygen atoms in total. The molecule has 4 rings (SSSR count). The van der Waals surface area contributed by atoms with Gasteiger partial charge in [-0.1, -0.05) is 36.4 Å². The number of hydrogen-bond donors (Lipinski definition) is 1. The molecule has 0 saturated carbocycles. The molecule has 2 aromatic carbocycles. The van der Waals surface area contributed by atoms with Crippen LogP contribution >= 0.6 is 0 Å². The van der Waals surface area contributed by atoms with E-state index in [2.05, 4.69) is 9.97 Å². The lowest BCUT2D eigenvalue weighted by atomic mass is 10.1. The van der Waals surface area contributed by atoms with Gasteiger partial charge in [0, 0.05) is 31.0 Å². The van der Waals surface area contributed by atoms with Crippen LogP contribution in [0.4, 0.5) is 4.39 Å². The molecule has 0 amide bonds. The van der Waals surface area contributed by atoms with Crippen LogP contribution in [0.2, 0.25) is 0 Å². The number of nitrogens with zero attached hydrogens (tertiary/aromatic N) is 2. The molecule has 0 unspecified atom stereocenters. The van der Waals surface area contributed by atoms with Gasteiger partial charge in [0.25, 0.3) is 5.56 Å². The highest BCUT2D eigenvalue weighted by Crippen LogP contribution is 2.23. The molecule has 0 bridgehead atoms. The maximum Gasteiger partial charge on any atom is 0.252 e. The van der Waals surface area contributed by atoms with Gasteiger partial charge in [-0.05, 0) is 47.7 Å². The molecular weight excluding hydrogens is 417 g/mol. The van der Waals surface area contributed by atoms with Crippen LogP contribution in [0.15, 0.2) is 82.7 Å². The number of sulfonamides is 1. The first-order valence-corrected chi connectivity index (χ1v) is 11.1. The van der Waals surface area contributed by atoms with Crippen LogP contribution < -0.4 is 5.56 Å². The van der Waals surface area contributed by atoms with Gasteiger partial charge in [-0.3, -0.25) is 9.78 Å². The summed E-state index contributed by atoms with van der Waals surface area (Å²) in [4.78, 5) is 19.2. The van der Waals surface area contributed by atoms with Crippen molar-refractivity contribution in [1.29, 1.82) is 0 Å². The van der Waals surface area contributed by atoms with Crippen molar-refractivity contribution in [3.05, 3.63) is 106 Å². The summed E-state index contributed by atoms with van der Waals surface area (Å²) < 4.78 is 42.1. The van der Waals surface area contributed by atoms with Gasteiger partial charge in [0.1, 0.15) is 10.7 Å². The molecule has 0 aliphatic heterocycles. The number of nitrogens with one attached hydrogen (secondary N) is 1. The Hall–Kier alpha value is -3.36. The minimum atomic E-state index is -4.23. The van der Waals surface area contributed by atoms with E-state index in [0.717, 1.165) is 21.3 Å². The average Bonchev–Trinajstić information content (AvgIpc) is 2.75. The molecule has 0 spiro atoms. The summed E-state index contributed by atoms with van der Waals surface area (Å²) in [7, 11) is -4.23. The topological polar surface area (TPSA) is 83.1 Å². The number of H-pyrrole nitrogens is 1. The highest BCUT2D eigenvalue weighted by Gasteiger charge is 2.28. The van der Waals surface area contributed by atoms with Crippen molar-refractivity contribution >= 4 is 20.9 Å². The lowest BCUT2D eigenvalue weighted by molar-refractivity contribution is 0.396. The zero-order chi connectivity index (χ0) is 22.0. The molecule has 1 N–H and O–H groups in total. The average molecular weight is 437 g/mol. The summed E-state index contributed by atoms with van der Waals surface area (Å²) in [5.74, 6) is -0.846. The summed E-state index contributed by atoms with van der Waals surface area (Å²) in [5, 5.41) is 0.791. The zero-order valence-corrected chi connectivity index (χ0v) is 17.6. The van der Waals surface area contributed by atoms with Crippen LogP contribution in [0.5, 0.6) is 0 Å². The first kappa shape index (κ1) is 20.9.